The average Bonchev–Trinajstić information content (AvgIpc) is 3.47. The molecule has 4 aromatic rings. The monoisotopic (exact) mass is 431 g/mol. The van der Waals surface area contributed by atoms with Gasteiger partial charge in [0.1, 0.15) is 11.4 Å². The van der Waals surface area contributed by atoms with Crippen molar-refractivity contribution in [1.82, 2.24) is 25.0 Å². The van der Waals surface area contributed by atoms with Gasteiger partial charge < -0.3 is 19.5 Å². The molecular formula is C25H29N5O2. The van der Waals surface area contributed by atoms with Crippen LogP contribution in [0.2, 0.25) is 0 Å². The van der Waals surface area contributed by atoms with E-state index in [-0.39, 0.29) is 5.91 Å². The summed E-state index contributed by atoms with van der Waals surface area (Å²) in [6, 6.07) is 15.9. The van der Waals surface area contributed by atoms with Gasteiger partial charge in [0.25, 0.3) is 5.91 Å². The van der Waals surface area contributed by atoms with Crippen LogP contribution in [0.4, 0.5) is 0 Å². The van der Waals surface area contributed by atoms with E-state index in [1.165, 1.54) is 0 Å². The molecule has 0 bridgehead atoms. The van der Waals surface area contributed by atoms with Gasteiger partial charge in [-0.05, 0) is 62.5 Å². The third-order valence-electron chi connectivity index (χ3n) is 5.51. The van der Waals surface area contributed by atoms with E-state index in [1.807, 2.05) is 67.7 Å². The van der Waals surface area contributed by atoms with Crippen molar-refractivity contribution >= 4 is 16.8 Å². The van der Waals surface area contributed by atoms with Gasteiger partial charge in [-0.15, -0.1) is 0 Å². The van der Waals surface area contributed by atoms with E-state index in [0.29, 0.717) is 18.8 Å². The van der Waals surface area contributed by atoms with E-state index in [0.717, 1.165) is 46.3 Å². The summed E-state index contributed by atoms with van der Waals surface area (Å²) >= 11 is 0. The van der Waals surface area contributed by atoms with Crippen LogP contribution in [0.15, 0.2) is 60.9 Å². The number of nitrogens with one attached hydrogen (secondary N) is 2. The Hall–Kier alpha value is -3.58. The molecule has 2 aromatic carbocycles. The van der Waals surface area contributed by atoms with E-state index in [1.54, 1.807) is 13.3 Å². The summed E-state index contributed by atoms with van der Waals surface area (Å²) in [6.45, 7) is 2.12. The summed E-state index contributed by atoms with van der Waals surface area (Å²) in [6.07, 6.45) is 4.54. The maximum atomic E-state index is 13.5. The molecule has 166 valence electrons. The first-order chi connectivity index (χ1) is 15.5. The quantitative estimate of drug-likeness (QED) is 0.417. The largest absolute Gasteiger partial charge is 0.497 e. The van der Waals surface area contributed by atoms with Gasteiger partial charge in [-0.1, -0.05) is 24.3 Å². The molecule has 0 saturated heterocycles. The second-order valence-corrected chi connectivity index (χ2v) is 8.21. The Balaban J connectivity index is 1.59. The molecule has 0 radical (unpaired) electrons. The Bertz CT molecular complexity index is 1180. The number of fused-ring (bicyclic) bond motifs is 1. The van der Waals surface area contributed by atoms with Crippen LogP contribution in [-0.2, 0) is 6.54 Å². The van der Waals surface area contributed by atoms with E-state index in [9.17, 15) is 4.79 Å². The number of carbonyl (C=O) groups is 1. The van der Waals surface area contributed by atoms with Crippen LogP contribution in [0.3, 0.4) is 0 Å². The highest BCUT2D eigenvalue weighted by molar-refractivity contribution is 5.98. The zero-order chi connectivity index (χ0) is 22.5. The lowest BCUT2D eigenvalue weighted by Gasteiger charge is -2.23. The van der Waals surface area contributed by atoms with E-state index in [2.05, 4.69) is 26.1 Å². The molecule has 0 aliphatic rings. The lowest BCUT2D eigenvalue weighted by atomic mass is 10.1. The van der Waals surface area contributed by atoms with Gasteiger partial charge in [-0.2, -0.15) is 5.10 Å². The number of nitrogens with zero attached hydrogens (tertiary/aromatic N) is 3. The fourth-order valence-electron chi connectivity index (χ4n) is 3.82. The predicted octanol–water partition coefficient (Wildman–Crippen LogP) is 4.16. The smallest absolute Gasteiger partial charge is 0.270 e. The zero-order valence-electron chi connectivity index (χ0n) is 18.8. The summed E-state index contributed by atoms with van der Waals surface area (Å²) in [5.74, 6) is 0.785. The average molecular weight is 432 g/mol. The van der Waals surface area contributed by atoms with Gasteiger partial charge in [0.15, 0.2) is 0 Å². The van der Waals surface area contributed by atoms with Crippen molar-refractivity contribution in [1.29, 1.82) is 0 Å². The molecule has 2 heterocycles. The number of ether oxygens (including phenoxy) is 1. The van der Waals surface area contributed by atoms with Crippen molar-refractivity contribution in [2.24, 2.45) is 0 Å². The second kappa shape index (κ2) is 9.70. The maximum absolute atomic E-state index is 13.5. The highest BCUT2D eigenvalue weighted by atomic mass is 16.5. The normalized spacial score (nSPS) is 11.2. The van der Waals surface area contributed by atoms with Crippen molar-refractivity contribution < 1.29 is 9.53 Å². The summed E-state index contributed by atoms with van der Waals surface area (Å²) < 4.78 is 5.35. The molecule has 0 unspecified atom stereocenters. The number of carbonyl (C=O) groups excluding carboxylic acids is 1. The van der Waals surface area contributed by atoms with Gasteiger partial charge in [0.05, 0.1) is 13.3 Å². The number of aromatic nitrogens is 3. The Morgan fingerprint density at radius 3 is 2.69 bits per heavy atom. The molecule has 1 amide bonds. The Labute approximate surface area is 188 Å². The number of methoxy groups -OCH3 is 1. The summed E-state index contributed by atoms with van der Waals surface area (Å²) in [7, 11) is 5.74. The number of aromatic amines is 2. The molecule has 32 heavy (non-hydrogen) atoms. The first-order valence-electron chi connectivity index (χ1n) is 10.7. The topological polar surface area (TPSA) is 77.2 Å². The fraction of sp³-hybridized carbons (Fsp3) is 0.280. The van der Waals surface area contributed by atoms with Crippen LogP contribution in [0.5, 0.6) is 5.75 Å². The number of hydrogen-bond acceptors (Lipinski definition) is 4. The van der Waals surface area contributed by atoms with Crippen molar-refractivity contribution in [3.63, 3.8) is 0 Å². The van der Waals surface area contributed by atoms with Gasteiger partial charge >= 0.3 is 0 Å². The first kappa shape index (κ1) is 21.6. The highest BCUT2D eigenvalue weighted by Crippen LogP contribution is 2.25. The number of amides is 1. The standard InChI is InChI=1S/C25H29N5O2/c1-29(2)10-5-11-30(17-18-6-4-7-22(12-18)32-3)25(31)24-14-20-9-8-19(13-23(20)28-24)21-15-26-27-16-21/h4,6-9,12-16,28H,5,10-11,17H2,1-3H3,(H,26,27). The van der Waals surface area contributed by atoms with Crippen molar-refractivity contribution in [2.75, 3.05) is 34.3 Å². The van der Waals surface area contributed by atoms with E-state index < -0.39 is 0 Å². The molecule has 2 aromatic heterocycles. The number of hydrogen-bond donors (Lipinski definition) is 2. The van der Waals surface area contributed by atoms with Crippen molar-refractivity contribution in [3.8, 4) is 16.9 Å². The minimum atomic E-state index is -0.00682. The first-order valence-corrected chi connectivity index (χ1v) is 10.7. The zero-order valence-corrected chi connectivity index (χ0v) is 18.8. The SMILES string of the molecule is COc1cccc(CN(CCCN(C)C)C(=O)c2cc3ccc(-c4cn[nH]c4)cc3[nH]2)c1. The molecule has 0 fully saturated rings. The maximum Gasteiger partial charge on any atom is 0.270 e. The van der Waals surface area contributed by atoms with Crippen molar-refractivity contribution in [3.05, 3.63) is 72.2 Å². The highest BCUT2D eigenvalue weighted by Gasteiger charge is 2.19. The number of benzene rings is 2. The van der Waals surface area contributed by atoms with Gasteiger partial charge in [0, 0.05) is 35.8 Å². The Kier molecular flexibility index (Phi) is 6.56. The molecule has 0 aliphatic carbocycles. The summed E-state index contributed by atoms with van der Waals surface area (Å²) in [4.78, 5) is 20.9. The molecule has 2 N–H and O–H groups in total. The molecule has 0 atom stereocenters. The van der Waals surface area contributed by atoms with Crippen LogP contribution < -0.4 is 4.74 Å². The minimum Gasteiger partial charge on any atom is -0.497 e. The molecule has 0 spiro atoms. The second-order valence-electron chi connectivity index (χ2n) is 8.21. The minimum absolute atomic E-state index is 0.00682. The van der Waals surface area contributed by atoms with Crippen LogP contribution in [0.1, 0.15) is 22.5 Å². The van der Waals surface area contributed by atoms with Crippen molar-refractivity contribution in [2.45, 2.75) is 13.0 Å². The van der Waals surface area contributed by atoms with E-state index in [4.69, 9.17) is 4.74 Å². The Morgan fingerprint density at radius 1 is 1.06 bits per heavy atom. The molecule has 7 nitrogen and oxygen atoms in total. The molecule has 4 rings (SSSR count). The number of rotatable bonds is 9. The lowest BCUT2D eigenvalue weighted by molar-refractivity contribution is 0.0732. The van der Waals surface area contributed by atoms with Crippen LogP contribution >= 0.6 is 0 Å². The van der Waals surface area contributed by atoms with Crippen LogP contribution in [0, 0.1) is 0 Å². The Morgan fingerprint density at radius 2 is 1.94 bits per heavy atom. The molecule has 7 heteroatoms. The number of H-pyrrole nitrogens is 2. The summed E-state index contributed by atoms with van der Waals surface area (Å²) in [5.41, 5.74) is 4.63. The fourth-order valence-corrected chi connectivity index (χ4v) is 3.82. The predicted molar refractivity (Wildman–Crippen MR) is 127 cm³/mol. The summed E-state index contributed by atoms with van der Waals surface area (Å²) in [5, 5.41) is 7.87. The van der Waals surface area contributed by atoms with Crippen LogP contribution in [-0.4, -0.2) is 65.2 Å². The molecular weight excluding hydrogens is 402 g/mol. The van der Waals surface area contributed by atoms with Gasteiger partial charge in [0.2, 0.25) is 0 Å². The molecule has 0 saturated carbocycles. The van der Waals surface area contributed by atoms with Crippen LogP contribution in [0.25, 0.3) is 22.0 Å². The van der Waals surface area contributed by atoms with E-state index >= 15 is 0 Å². The lowest BCUT2D eigenvalue weighted by Crippen LogP contribution is -2.33. The third kappa shape index (κ3) is 5.00. The van der Waals surface area contributed by atoms with Gasteiger partial charge in [-0.3, -0.25) is 9.89 Å². The van der Waals surface area contributed by atoms with Gasteiger partial charge in [-0.25, -0.2) is 0 Å². The molecule has 0 aliphatic heterocycles. The third-order valence-corrected chi connectivity index (χ3v) is 5.51.